The summed E-state index contributed by atoms with van der Waals surface area (Å²) in [6.45, 7) is 14.8. The number of carbonyl (C=O) groups is 3. The Morgan fingerprint density at radius 3 is 1.95 bits per heavy atom. The second-order valence-corrected chi connectivity index (χ2v) is 32.0. The van der Waals surface area contributed by atoms with Gasteiger partial charge in [-0.05, 0) is 109 Å². The van der Waals surface area contributed by atoms with Crippen molar-refractivity contribution in [3.8, 4) is 0 Å². The molecule has 108 heavy (non-hydrogen) atoms. The van der Waals surface area contributed by atoms with Gasteiger partial charge in [-0.15, -0.1) is 0 Å². The Labute approximate surface area is 637 Å². The Morgan fingerprint density at radius 2 is 1.30 bits per heavy atom. The summed E-state index contributed by atoms with van der Waals surface area (Å²) in [6.07, 6.45) is -22.1. The number of aliphatic hydroxyl groups excluding tert-OH is 17. The molecule has 35 unspecified atom stereocenters. The number of ether oxygens (including phenoxy) is 9. The number of esters is 2. The van der Waals surface area contributed by atoms with Gasteiger partial charge in [0.1, 0.15) is 61.0 Å². The van der Waals surface area contributed by atoms with Crippen LogP contribution in [0.25, 0.3) is 0 Å². The van der Waals surface area contributed by atoms with E-state index in [9.17, 15) is 106 Å². The molecule has 630 valence electrons. The molecule has 0 aromatic carbocycles. The number of cyclic esters (lactones) is 1. The van der Waals surface area contributed by atoms with Crippen molar-refractivity contribution in [1.82, 2.24) is 0 Å². The van der Waals surface area contributed by atoms with Crippen LogP contribution in [0.1, 0.15) is 223 Å². The Morgan fingerprint density at radius 1 is 0.667 bits per heavy atom. The van der Waals surface area contributed by atoms with Crippen molar-refractivity contribution in [2.75, 3.05) is 13.7 Å². The average Bonchev–Trinajstić information content (AvgIpc) is 0.865. The van der Waals surface area contributed by atoms with Crippen LogP contribution in [-0.4, -0.2) is 300 Å². The zero-order valence-corrected chi connectivity index (χ0v) is 65.3. The number of allylic oxidation sites excluding steroid dienone is 1. The molecule has 0 radical (unpaired) electrons. The number of epoxide rings is 1. The van der Waals surface area contributed by atoms with E-state index in [0.29, 0.717) is 6.42 Å². The lowest BCUT2D eigenvalue weighted by atomic mass is 9.77. The van der Waals surface area contributed by atoms with Crippen molar-refractivity contribution in [3.63, 3.8) is 0 Å². The molecule has 4 saturated heterocycles. The van der Waals surface area contributed by atoms with Crippen LogP contribution in [0.5, 0.6) is 0 Å². The lowest BCUT2D eigenvalue weighted by molar-refractivity contribution is -0.328. The maximum absolute atomic E-state index is 14.6. The van der Waals surface area contributed by atoms with Crippen molar-refractivity contribution in [2.45, 2.75) is 400 Å². The van der Waals surface area contributed by atoms with E-state index in [4.69, 9.17) is 42.6 Å². The predicted molar refractivity (Wildman–Crippen MR) is 390 cm³/mol. The standard InChI is InChI=1S/C78H138O30/c1-11-13-14-15-16-17-18-19-20-23-49(81)33-54(86)37-63(91)102-60-39-64(101-47(9)73(60)100-10)103-59(12-2)43(5)65(92)44(6)66(93)45(7)71-46(8)72-74(106-72)56(87)27-22-26-50(82)32-52(84)34-53(85)35-55-38-58(89)75(97)78(99,108-55)76(98)70(107-77-69(96)68(95)67(94)61(40-79)104-77)42(4)28-30-48(80)24-21-25-51(83)36-57(88)41(3)29-31-62(90)105-71/h20,23,29,31,41-61,64-75,77,79-89,92-97,99H,11-19,21-22,24-28,30,32-40H2,1-10H3/b23-20+,31-29+. The van der Waals surface area contributed by atoms with Crippen LogP contribution in [0.2, 0.25) is 0 Å². The summed E-state index contributed by atoms with van der Waals surface area (Å²) in [5, 5.41) is 200. The Hall–Kier alpha value is -2.91. The van der Waals surface area contributed by atoms with E-state index in [1.165, 1.54) is 52.2 Å². The zero-order valence-electron chi connectivity index (χ0n) is 65.3. The number of hydrogen-bond donors (Lipinski definition) is 18. The summed E-state index contributed by atoms with van der Waals surface area (Å²) < 4.78 is 53.9. The zero-order chi connectivity index (χ0) is 80.4. The molecular weight excluding hydrogens is 1420 g/mol. The van der Waals surface area contributed by atoms with Crippen molar-refractivity contribution in [3.05, 3.63) is 24.3 Å². The molecule has 0 aliphatic carbocycles. The van der Waals surface area contributed by atoms with Gasteiger partial charge in [0.15, 0.2) is 12.6 Å². The predicted octanol–water partition coefficient (Wildman–Crippen LogP) is 1.99. The summed E-state index contributed by atoms with van der Waals surface area (Å²) in [7, 11) is 1.46. The summed E-state index contributed by atoms with van der Waals surface area (Å²) in [5.74, 6) is -11.2. The van der Waals surface area contributed by atoms with Gasteiger partial charge in [0.2, 0.25) is 5.78 Å². The first-order valence-corrected chi connectivity index (χ1v) is 40.0. The monoisotopic (exact) mass is 1550 g/mol. The van der Waals surface area contributed by atoms with E-state index in [2.05, 4.69) is 6.92 Å². The summed E-state index contributed by atoms with van der Waals surface area (Å²) in [5.41, 5.74) is 0. The van der Waals surface area contributed by atoms with Gasteiger partial charge in [-0.1, -0.05) is 112 Å². The fraction of sp³-hybridized carbons (Fsp3) is 0.910. The van der Waals surface area contributed by atoms with Gasteiger partial charge in [0, 0.05) is 62.0 Å². The number of aliphatic hydroxyl groups is 18. The lowest BCUT2D eigenvalue weighted by Gasteiger charge is -2.46. The highest BCUT2D eigenvalue weighted by Crippen LogP contribution is 2.42. The average molecular weight is 1560 g/mol. The molecule has 0 aromatic heterocycles. The van der Waals surface area contributed by atoms with E-state index in [0.717, 1.165) is 25.3 Å². The largest absolute Gasteiger partial charge is 0.459 e. The first-order valence-electron chi connectivity index (χ1n) is 40.0. The van der Waals surface area contributed by atoms with Crippen LogP contribution in [-0.2, 0) is 57.0 Å². The molecule has 5 heterocycles. The molecule has 5 aliphatic rings. The lowest BCUT2D eigenvalue weighted by Crippen LogP contribution is -2.66. The van der Waals surface area contributed by atoms with Gasteiger partial charge in [-0.2, -0.15) is 0 Å². The third-order valence-electron chi connectivity index (χ3n) is 22.9. The Balaban J connectivity index is 1.27. The van der Waals surface area contributed by atoms with Crippen LogP contribution < -0.4 is 0 Å². The Kier molecular flexibility index (Phi) is 41.8. The molecule has 0 saturated carbocycles. The maximum atomic E-state index is 14.6. The molecule has 30 heteroatoms. The summed E-state index contributed by atoms with van der Waals surface area (Å²) in [6, 6.07) is 0. The minimum Gasteiger partial charge on any atom is -0.459 e. The number of fused-ring (bicyclic) bond motifs is 3. The van der Waals surface area contributed by atoms with Crippen LogP contribution in [0.4, 0.5) is 0 Å². The van der Waals surface area contributed by atoms with E-state index in [-0.39, 0.29) is 89.9 Å². The first-order chi connectivity index (χ1) is 51.0. The van der Waals surface area contributed by atoms with Gasteiger partial charge in [-0.25, -0.2) is 4.79 Å². The SMILES string of the molecule is CCCCCCCCC/C=C/C(O)CC(O)CC(=O)OC1CC(OC(CC)C(C)C(O)C(C)C(O)C(C)C2OC(=O)/C=C/C(C)C(O)CC(O)CCCC(O)CCC(C)C(OC3OC(CO)C(O)C(O)C3O)C(=O)C3(O)OC(CC(O)CC(O)CC(O)CCCC(O)C4OC4C2C)CC(O)C3O)OC(C)C1OC. The molecule has 2 bridgehead atoms. The maximum Gasteiger partial charge on any atom is 0.330 e. The van der Waals surface area contributed by atoms with E-state index in [1.807, 2.05) is 13.0 Å². The quantitative estimate of drug-likeness (QED) is 0.0242. The number of unbranched alkanes of at least 4 members (excludes halogenated alkanes) is 7. The first kappa shape index (κ1) is 95.7. The van der Waals surface area contributed by atoms with Gasteiger partial charge < -0.3 is 135 Å². The molecule has 4 fully saturated rings. The highest BCUT2D eigenvalue weighted by Gasteiger charge is 2.58. The number of hydrogen-bond acceptors (Lipinski definition) is 30. The number of ketones is 1. The highest BCUT2D eigenvalue weighted by molar-refractivity contribution is 5.91. The minimum absolute atomic E-state index is 0.0378. The van der Waals surface area contributed by atoms with Gasteiger partial charge in [-0.3, -0.25) is 9.59 Å². The van der Waals surface area contributed by atoms with Crippen molar-refractivity contribution >= 4 is 17.7 Å². The smallest absolute Gasteiger partial charge is 0.330 e. The molecule has 0 amide bonds. The third-order valence-corrected chi connectivity index (χ3v) is 22.9. The van der Waals surface area contributed by atoms with E-state index in [1.54, 1.807) is 47.6 Å². The fourth-order valence-corrected chi connectivity index (χ4v) is 15.8. The van der Waals surface area contributed by atoms with Crippen molar-refractivity contribution in [2.24, 2.45) is 35.5 Å². The fourth-order valence-electron chi connectivity index (χ4n) is 15.8. The van der Waals surface area contributed by atoms with Gasteiger partial charge >= 0.3 is 11.9 Å². The topological polar surface area (TPSA) is 502 Å². The Bertz CT molecular complexity index is 2610. The second-order valence-electron chi connectivity index (χ2n) is 32.0. The van der Waals surface area contributed by atoms with Crippen LogP contribution in [0.3, 0.4) is 0 Å². The van der Waals surface area contributed by atoms with E-state index < -0.39 is 250 Å². The number of methoxy groups -OCH3 is 1. The molecule has 0 spiro atoms. The molecule has 35 atom stereocenters. The number of carbonyl (C=O) groups excluding carboxylic acids is 3. The number of rotatable bonds is 27. The molecule has 18 N–H and O–H groups in total. The molecule has 0 aromatic rings. The summed E-state index contributed by atoms with van der Waals surface area (Å²) >= 11 is 0. The minimum atomic E-state index is -3.27. The molecule has 30 nitrogen and oxygen atoms in total. The normalized spacial score (nSPS) is 40.2. The van der Waals surface area contributed by atoms with Gasteiger partial charge in [0.25, 0.3) is 5.79 Å². The van der Waals surface area contributed by atoms with Crippen LogP contribution in [0, 0.1) is 35.5 Å². The van der Waals surface area contributed by atoms with Crippen LogP contribution in [0.15, 0.2) is 24.3 Å². The number of Topliss-reactive ketones (excluding diaryl/α,β-unsaturated/α-hetero) is 1. The van der Waals surface area contributed by atoms with Crippen LogP contribution >= 0.6 is 0 Å². The molecular formula is C78H138O30. The van der Waals surface area contributed by atoms with Crippen molar-refractivity contribution < 1.29 is 149 Å². The molecule has 5 aliphatic heterocycles. The van der Waals surface area contributed by atoms with Crippen molar-refractivity contribution in [1.29, 1.82) is 0 Å². The summed E-state index contributed by atoms with van der Waals surface area (Å²) in [4.78, 5) is 41.9. The second kappa shape index (κ2) is 47.2. The highest BCUT2D eigenvalue weighted by atomic mass is 16.7. The third kappa shape index (κ3) is 29.4. The molecule has 5 rings (SSSR count). The van der Waals surface area contributed by atoms with E-state index >= 15 is 0 Å². The van der Waals surface area contributed by atoms with Gasteiger partial charge in [0.05, 0.1) is 111 Å².